The molecule has 0 saturated carbocycles. The summed E-state index contributed by atoms with van der Waals surface area (Å²) in [5.74, 6) is 1.38. The Bertz CT molecular complexity index is 555. The molecule has 0 bridgehead atoms. The minimum absolute atomic E-state index is 0.0468. The van der Waals surface area contributed by atoms with Gasteiger partial charge < -0.3 is 20.3 Å². The third-order valence-electron chi connectivity index (χ3n) is 1.95. The first kappa shape index (κ1) is 13.0. The number of rotatable bonds is 5. The highest BCUT2D eigenvalue weighted by atomic mass is 16.5. The second-order valence-electron chi connectivity index (χ2n) is 4.05. The molecule has 0 aliphatic carbocycles. The van der Waals surface area contributed by atoms with Gasteiger partial charge in [-0.05, 0) is 13.8 Å². The number of ether oxygens (including phenoxy) is 1. The van der Waals surface area contributed by atoms with Gasteiger partial charge in [0.15, 0.2) is 5.82 Å². The van der Waals surface area contributed by atoms with Gasteiger partial charge in [-0.2, -0.15) is 19.9 Å². The lowest BCUT2D eigenvalue weighted by molar-refractivity contribution is 0.222. The Hall–Kier alpha value is -2.45. The number of aryl methyl sites for hydroxylation is 1. The Morgan fingerprint density at radius 3 is 2.68 bits per heavy atom. The molecule has 2 heterocycles. The monoisotopic (exact) mass is 265 g/mol. The molecule has 9 heteroatoms. The molecule has 0 fully saturated rings. The number of nitrogens with one attached hydrogen (secondary N) is 1. The van der Waals surface area contributed by atoms with Gasteiger partial charge in [0.1, 0.15) is 0 Å². The van der Waals surface area contributed by atoms with Crippen LogP contribution in [0.3, 0.4) is 0 Å². The van der Waals surface area contributed by atoms with E-state index in [1.165, 1.54) is 0 Å². The van der Waals surface area contributed by atoms with Gasteiger partial charge in [0.05, 0.1) is 12.6 Å². The molecule has 19 heavy (non-hydrogen) atoms. The molecule has 0 aliphatic rings. The maximum Gasteiger partial charge on any atom is 0.323 e. The van der Waals surface area contributed by atoms with Gasteiger partial charge in [-0.25, -0.2) is 0 Å². The number of nitrogens with two attached hydrogens (primary N) is 1. The predicted molar refractivity (Wildman–Crippen MR) is 66.4 cm³/mol. The largest absolute Gasteiger partial charge is 0.461 e. The Morgan fingerprint density at radius 1 is 1.26 bits per heavy atom. The minimum atomic E-state index is -0.0468. The van der Waals surface area contributed by atoms with Crippen molar-refractivity contribution >= 4 is 11.9 Å². The van der Waals surface area contributed by atoms with E-state index in [1.54, 1.807) is 6.92 Å². The fourth-order valence-corrected chi connectivity index (χ4v) is 1.29. The lowest BCUT2D eigenvalue weighted by atomic mass is 10.5. The quantitative estimate of drug-likeness (QED) is 0.796. The summed E-state index contributed by atoms with van der Waals surface area (Å²) in [6.07, 6.45) is -0.0468. The average Bonchev–Trinajstić information content (AvgIpc) is 2.71. The first-order valence-corrected chi connectivity index (χ1v) is 5.74. The summed E-state index contributed by atoms with van der Waals surface area (Å²) < 4.78 is 10.2. The predicted octanol–water partition coefficient (Wildman–Crippen LogP) is 0.545. The second kappa shape index (κ2) is 5.46. The van der Waals surface area contributed by atoms with Crippen molar-refractivity contribution < 1.29 is 9.26 Å². The topological polar surface area (TPSA) is 125 Å². The van der Waals surface area contributed by atoms with E-state index in [4.69, 9.17) is 15.0 Å². The molecule has 0 atom stereocenters. The number of nitrogens with zero attached hydrogens (tertiary/aromatic N) is 5. The molecule has 0 saturated heterocycles. The lowest BCUT2D eigenvalue weighted by Gasteiger charge is -2.09. The number of hydrogen-bond acceptors (Lipinski definition) is 9. The molecule has 0 amide bonds. The summed E-state index contributed by atoms with van der Waals surface area (Å²) in [5.41, 5.74) is 5.58. The van der Waals surface area contributed by atoms with Gasteiger partial charge in [0.2, 0.25) is 17.8 Å². The van der Waals surface area contributed by atoms with E-state index in [0.29, 0.717) is 24.2 Å². The maximum atomic E-state index is 5.58. The average molecular weight is 265 g/mol. The summed E-state index contributed by atoms with van der Waals surface area (Å²) in [6.45, 7) is 5.78. The molecule has 2 rings (SSSR count). The fraction of sp³-hybridized carbons (Fsp3) is 0.500. The molecular weight excluding hydrogens is 250 g/mol. The molecule has 0 spiro atoms. The van der Waals surface area contributed by atoms with Crippen LogP contribution in [0.15, 0.2) is 4.52 Å². The van der Waals surface area contributed by atoms with Crippen molar-refractivity contribution in [3.05, 3.63) is 11.7 Å². The van der Waals surface area contributed by atoms with Crippen molar-refractivity contribution in [3.63, 3.8) is 0 Å². The Balaban J connectivity index is 2.05. The summed E-state index contributed by atoms with van der Waals surface area (Å²) >= 11 is 0. The zero-order valence-corrected chi connectivity index (χ0v) is 10.9. The summed E-state index contributed by atoms with van der Waals surface area (Å²) in [6, 6.07) is 0.175. The smallest absolute Gasteiger partial charge is 0.323 e. The van der Waals surface area contributed by atoms with Crippen LogP contribution in [0.1, 0.15) is 25.6 Å². The summed E-state index contributed by atoms with van der Waals surface area (Å²) in [7, 11) is 0. The van der Waals surface area contributed by atoms with E-state index in [2.05, 4.69) is 30.4 Å². The molecule has 0 aromatic carbocycles. The van der Waals surface area contributed by atoms with E-state index in [-0.39, 0.29) is 18.1 Å². The van der Waals surface area contributed by atoms with Crippen molar-refractivity contribution in [2.24, 2.45) is 0 Å². The van der Waals surface area contributed by atoms with Gasteiger partial charge in [-0.3, -0.25) is 0 Å². The molecule has 9 nitrogen and oxygen atoms in total. The molecular formula is C10H15N7O2. The number of hydrogen-bond donors (Lipinski definition) is 2. The zero-order valence-electron chi connectivity index (χ0n) is 10.9. The Labute approximate surface area is 109 Å². The standard InChI is InChI=1S/C10H15N7O2/c1-5(2)18-10-15-8(11)14-9(16-10)12-4-7-13-6(3)19-17-7/h5H,4H2,1-3H3,(H3,11,12,14,15,16). The van der Waals surface area contributed by atoms with E-state index >= 15 is 0 Å². The van der Waals surface area contributed by atoms with Gasteiger partial charge in [-0.15, -0.1) is 0 Å². The van der Waals surface area contributed by atoms with Crippen LogP contribution in [0.4, 0.5) is 11.9 Å². The SMILES string of the molecule is Cc1nc(CNc2nc(N)nc(OC(C)C)n2)no1. The third kappa shape index (κ3) is 3.76. The molecule has 2 aromatic heterocycles. The van der Waals surface area contributed by atoms with Gasteiger partial charge in [-0.1, -0.05) is 5.16 Å². The van der Waals surface area contributed by atoms with Crippen LogP contribution >= 0.6 is 0 Å². The van der Waals surface area contributed by atoms with Gasteiger partial charge in [0, 0.05) is 6.92 Å². The molecule has 3 N–H and O–H groups in total. The van der Waals surface area contributed by atoms with Crippen LogP contribution in [0.25, 0.3) is 0 Å². The summed E-state index contributed by atoms with van der Waals surface area (Å²) in [5, 5.41) is 6.66. The molecule has 2 aromatic rings. The van der Waals surface area contributed by atoms with E-state index in [0.717, 1.165) is 0 Å². The van der Waals surface area contributed by atoms with Gasteiger partial charge >= 0.3 is 6.01 Å². The Kier molecular flexibility index (Phi) is 3.74. The van der Waals surface area contributed by atoms with Crippen molar-refractivity contribution in [2.75, 3.05) is 11.1 Å². The van der Waals surface area contributed by atoms with E-state index in [9.17, 15) is 0 Å². The highest BCUT2D eigenvalue weighted by Crippen LogP contribution is 2.11. The van der Waals surface area contributed by atoms with Crippen molar-refractivity contribution in [1.29, 1.82) is 0 Å². The third-order valence-corrected chi connectivity index (χ3v) is 1.95. The normalized spacial score (nSPS) is 10.7. The van der Waals surface area contributed by atoms with Crippen LogP contribution in [0, 0.1) is 6.92 Å². The maximum absolute atomic E-state index is 5.58. The minimum Gasteiger partial charge on any atom is -0.461 e. The molecule has 0 aliphatic heterocycles. The molecule has 0 unspecified atom stereocenters. The number of anilines is 2. The van der Waals surface area contributed by atoms with Crippen LogP contribution in [0.5, 0.6) is 6.01 Å². The summed E-state index contributed by atoms with van der Waals surface area (Å²) in [4.78, 5) is 15.9. The number of aromatic nitrogens is 5. The highest BCUT2D eigenvalue weighted by molar-refractivity contribution is 5.32. The first-order chi connectivity index (χ1) is 9.02. The van der Waals surface area contributed by atoms with Crippen molar-refractivity contribution in [2.45, 2.75) is 33.4 Å². The van der Waals surface area contributed by atoms with Crippen LogP contribution in [0.2, 0.25) is 0 Å². The molecule has 102 valence electrons. The first-order valence-electron chi connectivity index (χ1n) is 5.74. The second-order valence-corrected chi connectivity index (χ2v) is 4.05. The van der Waals surface area contributed by atoms with E-state index < -0.39 is 0 Å². The lowest BCUT2D eigenvalue weighted by Crippen LogP contribution is -2.13. The fourth-order valence-electron chi connectivity index (χ4n) is 1.29. The van der Waals surface area contributed by atoms with Crippen LogP contribution in [-0.2, 0) is 6.54 Å². The van der Waals surface area contributed by atoms with Crippen molar-refractivity contribution in [3.8, 4) is 6.01 Å². The zero-order chi connectivity index (χ0) is 13.8. The van der Waals surface area contributed by atoms with Crippen LogP contribution in [-0.4, -0.2) is 31.2 Å². The van der Waals surface area contributed by atoms with Crippen molar-refractivity contribution in [1.82, 2.24) is 25.1 Å². The molecule has 0 radical (unpaired) electrons. The Morgan fingerprint density at radius 2 is 2.05 bits per heavy atom. The highest BCUT2D eigenvalue weighted by Gasteiger charge is 2.08. The van der Waals surface area contributed by atoms with E-state index in [1.807, 2.05) is 13.8 Å². The van der Waals surface area contributed by atoms with Gasteiger partial charge in [0.25, 0.3) is 0 Å². The number of nitrogen functional groups attached to an aromatic ring is 1. The van der Waals surface area contributed by atoms with Crippen LogP contribution < -0.4 is 15.8 Å².